The summed E-state index contributed by atoms with van der Waals surface area (Å²) in [7, 11) is 2.19. The van der Waals surface area contributed by atoms with Gasteiger partial charge in [0, 0.05) is 37.8 Å². The van der Waals surface area contributed by atoms with Crippen molar-refractivity contribution in [3.8, 4) is 5.75 Å². The molecule has 2 N–H and O–H groups in total. The summed E-state index contributed by atoms with van der Waals surface area (Å²) in [6, 6.07) is 14.5. The zero-order valence-electron chi connectivity index (χ0n) is 27.9. The maximum Gasteiger partial charge on any atom is 0.258 e. The van der Waals surface area contributed by atoms with Crippen LogP contribution in [0.3, 0.4) is 0 Å². The van der Waals surface area contributed by atoms with Crippen LogP contribution in [0.2, 0.25) is 0 Å². The van der Waals surface area contributed by atoms with Gasteiger partial charge in [0.2, 0.25) is 5.91 Å². The molecule has 1 saturated carbocycles. The molecule has 2 amide bonds. The summed E-state index contributed by atoms with van der Waals surface area (Å²) in [5, 5.41) is 13.2. The van der Waals surface area contributed by atoms with Crippen molar-refractivity contribution in [2.45, 2.75) is 96.8 Å². The van der Waals surface area contributed by atoms with Crippen LogP contribution in [0.4, 0.5) is 5.69 Å². The Balaban J connectivity index is 1.56. The topological polar surface area (TPSA) is 91.3 Å². The SMILES string of the molecule is C[C@@H]1CCCCO[C@H](CN(C)CC2CCCCC2)[C@@H](C)CN([C@H](C)CO)C(=O)c2cc(NC(=O)Cc3ccccc3)ccc2O1. The van der Waals surface area contributed by atoms with E-state index in [9.17, 15) is 14.7 Å². The third-order valence-electron chi connectivity index (χ3n) is 9.33. The highest BCUT2D eigenvalue weighted by Crippen LogP contribution is 2.29. The van der Waals surface area contributed by atoms with E-state index >= 15 is 0 Å². The fraction of sp³-hybridized carbons (Fsp3) is 0.622. The molecule has 248 valence electrons. The van der Waals surface area contributed by atoms with Gasteiger partial charge in [-0.25, -0.2) is 0 Å². The maximum absolute atomic E-state index is 14.4. The van der Waals surface area contributed by atoms with Crippen molar-refractivity contribution in [2.24, 2.45) is 11.8 Å². The average molecular weight is 622 g/mol. The molecular weight excluding hydrogens is 566 g/mol. The van der Waals surface area contributed by atoms with Crippen LogP contribution in [0.25, 0.3) is 0 Å². The van der Waals surface area contributed by atoms with Gasteiger partial charge >= 0.3 is 0 Å². The summed E-state index contributed by atoms with van der Waals surface area (Å²) in [5.41, 5.74) is 1.84. The normalized spacial score (nSPS) is 23.1. The number of benzene rings is 2. The molecule has 2 aromatic carbocycles. The zero-order valence-corrected chi connectivity index (χ0v) is 27.9. The summed E-state index contributed by atoms with van der Waals surface area (Å²) in [4.78, 5) is 31.4. The fourth-order valence-corrected chi connectivity index (χ4v) is 6.64. The van der Waals surface area contributed by atoms with Crippen LogP contribution in [-0.2, 0) is 16.0 Å². The Bertz CT molecular complexity index is 1200. The predicted octanol–water partition coefficient (Wildman–Crippen LogP) is 6.18. The second kappa shape index (κ2) is 17.7. The van der Waals surface area contributed by atoms with Crippen LogP contribution in [0.15, 0.2) is 48.5 Å². The monoisotopic (exact) mass is 621 g/mol. The Morgan fingerprint density at radius 1 is 1.02 bits per heavy atom. The lowest BCUT2D eigenvalue weighted by Gasteiger charge is -2.36. The van der Waals surface area contributed by atoms with Gasteiger partial charge in [0.1, 0.15) is 5.75 Å². The quantitative estimate of drug-likeness (QED) is 0.348. The van der Waals surface area contributed by atoms with E-state index < -0.39 is 6.04 Å². The second-order valence-corrected chi connectivity index (χ2v) is 13.4. The van der Waals surface area contributed by atoms with Crippen LogP contribution in [0, 0.1) is 11.8 Å². The standard InChI is InChI=1S/C37H55N3O5/c1-27-23-40(28(2)26-41)37(43)33-22-32(38-36(42)21-30-14-7-5-8-15-30)18-19-34(33)45-29(3)13-11-12-20-44-35(27)25-39(4)24-31-16-9-6-10-17-31/h5,7-8,14-15,18-19,22,27-29,31,35,41H,6,9-13,16-17,20-21,23-26H2,1-4H3,(H,38,42)/t27-,28+,29+,35+/m0/s1. The lowest BCUT2D eigenvalue weighted by molar-refractivity contribution is -0.115. The van der Waals surface area contributed by atoms with Gasteiger partial charge in [-0.3, -0.25) is 9.59 Å². The minimum atomic E-state index is -0.407. The first-order valence-electron chi connectivity index (χ1n) is 17.1. The smallest absolute Gasteiger partial charge is 0.258 e. The van der Waals surface area contributed by atoms with Gasteiger partial charge in [-0.2, -0.15) is 0 Å². The zero-order chi connectivity index (χ0) is 32.2. The van der Waals surface area contributed by atoms with E-state index in [2.05, 4.69) is 24.2 Å². The number of ether oxygens (including phenoxy) is 2. The van der Waals surface area contributed by atoms with Crippen molar-refractivity contribution in [3.05, 3.63) is 59.7 Å². The number of likely N-dealkylation sites (N-methyl/N-ethyl adjacent to an activating group) is 1. The van der Waals surface area contributed by atoms with E-state index in [0.717, 1.165) is 43.8 Å². The molecule has 45 heavy (non-hydrogen) atoms. The summed E-state index contributed by atoms with van der Waals surface area (Å²) in [6.45, 7) is 8.86. The van der Waals surface area contributed by atoms with Crippen LogP contribution < -0.4 is 10.1 Å². The molecule has 8 nitrogen and oxygen atoms in total. The molecule has 0 bridgehead atoms. The Morgan fingerprint density at radius 3 is 2.49 bits per heavy atom. The van der Waals surface area contributed by atoms with Crippen molar-refractivity contribution in [1.29, 1.82) is 0 Å². The lowest BCUT2D eigenvalue weighted by atomic mass is 9.89. The van der Waals surface area contributed by atoms with Crippen molar-refractivity contribution < 1.29 is 24.2 Å². The van der Waals surface area contributed by atoms with Crippen LogP contribution in [0.1, 0.15) is 88.1 Å². The number of anilines is 1. The number of rotatable bonds is 9. The minimum absolute atomic E-state index is 0.0387. The number of aliphatic hydroxyl groups excluding tert-OH is 1. The number of hydrogen-bond donors (Lipinski definition) is 2. The summed E-state index contributed by atoms with van der Waals surface area (Å²) in [6.07, 6.45) is 9.45. The van der Waals surface area contributed by atoms with Gasteiger partial charge in [-0.05, 0) is 82.7 Å². The molecule has 2 aromatic rings. The Hall–Kier alpha value is -2.94. The highest BCUT2D eigenvalue weighted by molar-refractivity contribution is 6.00. The molecule has 0 spiro atoms. The number of aliphatic hydroxyl groups is 1. The fourth-order valence-electron chi connectivity index (χ4n) is 6.64. The molecule has 0 saturated heterocycles. The highest BCUT2D eigenvalue weighted by atomic mass is 16.5. The van der Waals surface area contributed by atoms with Gasteiger partial charge in [-0.15, -0.1) is 0 Å². The average Bonchev–Trinajstić information content (AvgIpc) is 3.03. The van der Waals surface area contributed by atoms with Gasteiger partial charge in [0.15, 0.2) is 0 Å². The minimum Gasteiger partial charge on any atom is -0.490 e. The number of nitrogens with one attached hydrogen (secondary N) is 1. The third kappa shape index (κ3) is 10.8. The van der Waals surface area contributed by atoms with Crippen LogP contribution in [-0.4, -0.2) is 84.9 Å². The Kier molecular flexibility index (Phi) is 13.7. The molecule has 1 aliphatic carbocycles. The number of amides is 2. The van der Waals surface area contributed by atoms with E-state index in [-0.39, 0.29) is 43.0 Å². The first kappa shape index (κ1) is 34.9. The van der Waals surface area contributed by atoms with E-state index in [4.69, 9.17) is 9.47 Å². The van der Waals surface area contributed by atoms with E-state index in [1.165, 1.54) is 32.1 Å². The van der Waals surface area contributed by atoms with Gasteiger partial charge in [-0.1, -0.05) is 56.5 Å². The van der Waals surface area contributed by atoms with Crippen LogP contribution >= 0.6 is 0 Å². The highest BCUT2D eigenvalue weighted by Gasteiger charge is 2.31. The number of nitrogens with zero attached hydrogens (tertiary/aromatic N) is 2. The van der Waals surface area contributed by atoms with Gasteiger partial charge in [0.25, 0.3) is 5.91 Å². The number of carbonyl (C=O) groups excluding carboxylic acids is 2. The van der Waals surface area contributed by atoms with Gasteiger partial charge < -0.3 is 29.7 Å². The molecule has 1 heterocycles. The summed E-state index contributed by atoms with van der Waals surface area (Å²) >= 11 is 0. The van der Waals surface area contributed by atoms with E-state index in [0.29, 0.717) is 30.2 Å². The molecule has 1 aliphatic heterocycles. The predicted molar refractivity (Wildman–Crippen MR) is 180 cm³/mol. The van der Waals surface area contributed by atoms with Gasteiger partial charge in [0.05, 0.1) is 36.8 Å². The number of carbonyl (C=O) groups is 2. The largest absolute Gasteiger partial charge is 0.490 e. The maximum atomic E-state index is 14.4. The first-order chi connectivity index (χ1) is 21.7. The Labute approximate surface area is 270 Å². The van der Waals surface area contributed by atoms with Crippen molar-refractivity contribution in [1.82, 2.24) is 9.80 Å². The van der Waals surface area contributed by atoms with E-state index in [1.54, 1.807) is 23.1 Å². The second-order valence-electron chi connectivity index (χ2n) is 13.4. The molecular formula is C37H55N3O5. The summed E-state index contributed by atoms with van der Waals surface area (Å²) in [5.74, 6) is 0.891. The molecule has 2 aliphatic rings. The van der Waals surface area contributed by atoms with Crippen LogP contribution in [0.5, 0.6) is 5.75 Å². The third-order valence-corrected chi connectivity index (χ3v) is 9.33. The molecule has 4 rings (SSSR count). The molecule has 8 heteroatoms. The molecule has 0 unspecified atom stereocenters. The van der Waals surface area contributed by atoms with E-state index in [1.807, 2.05) is 44.2 Å². The Morgan fingerprint density at radius 2 is 1.76 bits per heavy atom. The van der Waals surface area contributed by atoms with Crippen molar-refractivity contribution in [3.63, 3.8) is 0 Å². The number of hydrogen-bond acceptors (Lipinski definition) is 6. The lowest BCUT2D eigenvalue weighted by Crippen LogP contribution is -2.47. The van der Waals surface area contributed by atoms with Crippen molar-refractivity contribution in [2.75, 3.05) is 45.2 Å². The van der Waals surface area contributed by atoms with Crippen molar-refractivity contribution >= 4 is 17.5 Å². The molecule has 1 fully saturated rings. The first-order valence-corrected chi connectivity index (χ1v) is 17.1. The molecule has 4 atom stereocenters. The number of fused-ring (bicyclic) bond motifs is 1. The summed E-state index contributed by atoms with van der Waals surface area (Å²) < 4.78 is 12.9. The molecule has 0 radical (unpaired) electrons. The molecule has 0 aromatic heterocycles.